The minimum absolute atomic E-state index is 0.150. The minimum atomic E-state index is -0.765. The van der Waals surface area contributed by atoms with Gasteiger partial charge in [-0.1, -0.05) is 29.8 Å². The number of methoxy groups -OCH3 is 2. The van der Waals surface area contributed by atoms with Crippen molar-refractivity contribution < 1.29 is 14.3 Å². The molecular formula is C18H20ClNO3. The van der Waals surface area contributed by atoms with E-state index in [9.17, 15) is 4.79 Å². The molecule has 0 spiro atoms. The lowest BCUT2D eigenvalue weighted by molar-refractivity contribution is -0.120. The molecule has 0 aliphatic carbocycles. The van der Waals surface area contributed by atoms with Crippen molar-refractivity contribution in [3.63, 3.8) is 0 Å². The van der Waals surface area contributed by atoms with Crippen molar-refractivity contribution in [2.45, 2.75) is 19.3 Å². The Kier molecular flexibility index (Phi) is 5.16. The first-order valence-corrected chi connectivity index (χ1v) is 7.56. The molecule has 0 aromatic heterocycles. The standard InChI is InChI=1S/C18H20ClNO3/c1-18(2,13-7-5-6-8-15(13)22-3)17(21)20-12-9-10-16(23-4)14(19)11-12/h5-11H,1-4H3,(H,20,21). The quantitative estimate of drug-likeness (QED) is 0.888. The van der Waals surface area contributed by atoms with Gasteiger partial charge in [0.2, 0.25) is 5.91 Å². The van der Waals surface area contributed by atoms with Crippen LogP contribution in [0.3, 0.4) is 0 Å². The number of para-hydroxylation sites is 1. The number of rotatable bonds is 5. The Balaban J connectivity index is 2.26. The summed E-state index contributed by atoms with van der Waals surface area (Å²) in [6, 6.07) is 12.6. The number of nitrogens with one attached hydrogen (secondary N) is 1. The van der Waals surface area contributed by atoms with Crippen molar-refractivity contribution in [1.82, 2.24) is 0 Å². The van der Waals surface area contributed by atoms with Gasteiger partial charge in [-0.15, -0.1) is 0 Å². The summed E-state index contributed by atoms with van der Waals surface area (Å²) in [4.78, 5) is 12.7. The van der Waals surface area contributed by atoms with E-state index in [0.717, 1.165) is 5.56 Å². The molecule has 1 amide bonds. The van der Waals surface area contributed by atoms with E-state index in [0.29, 0.717) is 22.2 Å². The molecule has 2 rings (SSSR count). The first-order valence-electron chi connectivity index (χ1n) is 7.18. The van der Waals surface area contributed by atoms with Crippen LogP contribution in [0, 0.1) is 0 Å². The maximum Gasteiger partial charge on any atom is 0.234 e. The van der Waals surface area contributed by atoms with E-state index in [2.05, 4.69) is 5.32 Å². The second kappa shape index (κ2) is 6.92. The van der Waals surface area contributed by atoms with E-state index < -0.39 is 5.41 Å². The summed E-state index contributed by atoms with van der Waals surface area (Å²) in [5.41, 5.74) is 0.669. The highest BCUT2D eigenvalue weighted by molar-refractivity contribution is 6.32. The van der Waals surface area contributed by atoms with Crippen LogP contribution >= 0.6 is 11.6 Å². The Morgan fingerprint density at radius 2 is 1.70 bits per heavy atom. The number of carbonyl (C=O) groups excluding carboxylic acids is 1. The highest BCUT2D eigenvalue weighted by Crippen LogP contribution is 2.33. The van der Waals surface area contributed by atoms with Gasteiger partial charge in [0.05, 0.1) is 24.7 Å². The van der Waals surface area contributed by atoms with Crippen LogP contribution in [0.15, 0.2) is 42.5 Å². The average Bonchev–Trinajstić information content (AvgIpc) is 2.54. The third kappa shape index (κ3) is 3.59. The van der Waals surface area contributed by atoms with Crippen LogP contribution < -0.4 is 14.8 Å². The predicted molar refractivity (Wildman–Crippen MR) is 92.7 cm³/mol. The highest BCUT2D eigenvalue weighted by Gasteiger charge is 2.32. The molecule has 5 heteroatoms. The molecule has 0 atom stereocenters. The molecule has 0 heterocycles. The number of halogens is 1. The van der Waals surface area contributed by atoms with Crippen LogP contribution in [0.1, 0.15) is 19.4 Å². The fourth-order valence-electron chi connectivity index (χ4n) is 2.31. The van der Waals surface area contributed by atoms with E-state index in [1.807, 2.05) is 38.1 Å². The summed E-state index contributed by atoms with van der Waals surface area (Å²) in [5, 5.41) is 3.33. The van der Waals surface area contributed by atoms with Crippen molar-refractivity contribution in [3.8, 4) is 11.5 Å². The molecule has 122 valence electrons. The summed E-state index contributed by atoms with van der Waals surface area (Å²) in [6.07, 6.45) is 0. The fraction of sp³-hybridized carbons (Fsp3) is 0.278. The predicted octanol–water partition coefficient (Wildman–Crippen LogP) is 4.27. The van der Waals surface area contributed by atoms with Crippen LogP contribution in [0.2, 0.25) is 5.02 Å². The monoisotopic (exact) mass is 333 g/mol. The van der Waals surface area contributed by atoms with Crippen molar-refractivity contribution >= 4 is 23.2 Å². The van der Waals surface area contributed by atoms with Crippen molar-refractivity contribution in [2.24, 2.45) is 0 Å². The Hall–Kier alpha value is -2.20. The van der Waals surface area contributed by atoms with Gasteiger partial charge in [0.1, 0.15) is 11.5 Å². The number of amides is 1. The molecular weight excluding hydrogens is 314 g/mol. The Labute approximate surface area is 141 Å². The summed E-state index contributed by atoms with van der Waals surface area (Å²) >= 11 is 6.10. The van der Waals surface area contributed by atoms with Gasteiger partial charge < -0.3 is 14.8 Å². The number of carbonyl (C=O) groups is 1. The zero-order chi connectivity index (χ0) is 17.0. The number of hydrogen-bond donors (Lipinski definition) is 1. The number of ether oxygens (including phenoxy) is 2. The molecule has 0 radical (unpaired) electrons. The van der Waals surface area contributed by atoms with Crippen molar-refractivity contribution in [2.75, 3.05) is 19.5 Å². The lowest BCUT2D eigenvalue weighted by atomic mass is 9.83. The number of hydrogen-bond acceptors (Lipinski definition) is 3. The van der Waals surface area contributed by atoms with E-state index in [4.69, 9.17) is 21.1 Å². The van der Waals surface area contributed by atoms with Crippen LogP contribution in [0.5, 0.6) is 11.5 Å². The van der Waals surface area contributed by atoms with Crippen LogP contribution in [0.4, 0.5) is 5.69 Å². The lowest BCUT2D eigenvalue weighted by Gasteiger charge is -2.26. The van der Waals surface area contributed by atoms with E-state index >= 15 is 0 Å². The Bertz CT molecular complexity index is 713. The molecule has 0 fully saturated rings. The zero-order valence-corrected chi connectivity index (χ0v) is 14.4. The second-order valence-electron chi connectivity index (χ2n) is 5.63. The summed E-state index contributed by atoms with van der Waals surface area (Å²) < 4.78 is 10.5. The van der Waals surface area contributed by atoms with Crippen LogP contribution in [0.25, 0.3) is 0 Å². The molecule has 0 unspecified atom stereocenters. The van der Waals surface area contributed by atoms with E-state index in [1.54, 1.807) is 32.4 Å². The molecule has 0 aliphatic rings. The summed E-state index contributed by atoms with van der Waals surface area (Å²) in [5.74, 6) is 1.09. The third-order valence-electron chi connectivity index (χ3n) is 3.76. The largest absolute Gasteiger partial charge is 0.496 e. The molecule has 0 aliphatic heterocycles. The first kappa shape index (κ1) is 17.2. The second-order valence-corrected chi connectivity index (χ2v) is 6.04. The molecule has 0 saturated heterocycles. The van der Waals surface area contributed by atoms with Gasteiger partial charge in [0.25, 0.3) is 0 Å². The Morgan fingerprint density at radius 3 is 2.30 bits per heavy atom. The minimum Gasteiger partial charge on any atom is -0.496 e. The molecule has 4 nitrogen and oxygen atoms in total. The van der Waals surface area contributed by atoms with Gasteiger partial charge >= 0.3 is 0 Å². The molecule has 2 aromatic rings. The van der Waals surface area contributed by atoms with Crippen molar-refractivity contribution in [3.05, 3.63) is 53.1 Å². The average molecular weight is 334 g/mol. The third-order valence-corrected chi connectivity index (χ3v) is 4.05. The Morgan fingerprint density at radius 1 is 1.04 bits per heavy atom. The lowest BCUT2D eigenvalue weighted by Crippen LogP contribution is -2.35. The number of benzene rings is 2. The van der Waals surface area contributed by atoms with Gasteiger partial charge in [0.15, 0.2) is 0 Å². The van der Waals surface area contributed by atoms with Gasteiger partial charge in [-0.2, -0.15) is 0 Å². The fourth-order valence-corrected chi connectivity index (χ4v) is 2.57. The van der Waals surface area contributed by atoms with Crippen molar-refractivity contribution in [1.29, 1.82) is 0 Å². The molecule has 0 bridgehead atoms. The zero-order valence-electron chi connectivity index (χ0n) is 13.6. The van der Waals surface area contributed by atoms with E-state index in [-0.39, 0.29) is 5.91 Å². The summed E-state index contributed by atoms with van der Waals surface area (Å²) in [6.45, 7) is 3.70. The maximum absolute atomic E-state index is 12.7. The molecule has 23 heavy (non-hydrogen) atoms. The number of anilines is 1. The first-order chi connectivity index (χ1) is 10.9. The molecule has 2 aromatic carbocycles. The van der Waals surface area contributed by atoms with Gasteiger partial charge in [-0.3, -0.25) is 4.79 Å². The highest BCUT2D eigenvalue weighted by atomic mass is 35.5. The van der Waals surface area contributed by atoms with Crippen LogP contribution in [-0.2, 0) is 10.2 Å². The topological polar surface area (TPSA) is 47.6 Å². The maximum atomic E-state index is 12.7. The van der Waals surface area contributed by atoms with Gasteiger partial charge in [0, 0.05) is 11.3 Å². The smallest absolute Gasteiger partial charge is 0.234 e. The SMILES string of the molecule is COc1ccc(NC(=O)C(C)(C)c2ccccc2OC)cc1Cl. The van der Waals surface area contributed by atoms with Gasteiger partial charge in [-0.25, -0.2) is 0 Å². The van der Waals surface area contributed by atoms with E-state index in [1.165, 1.54) is 0 Å². The van der Waals surface area contributed by atoms with Gasteiger partial charge in [-0.05, 0) is 38.1 Å². The normalized spacial score (nSPS) is 11.0. The van der Waals surface area contributed by atoms with Crippen LogP contribution in [-0.4, -0.2) is 20.1 Å². The molecule has 1 N–H and O–H groups in total. The summed E-state index contributed by atoms with van der Waals surface area (Å²) in [7, 11) is 3.14. The molecule has 0 saturated carbocycles.